The molecule has 2 aliphatic heterocycles. The third kappa shape index (κ3) is 2.46. The molecule has 0 aromatic heterocycles. The summed E-state index contributed by atoms with van der Waals surface area (Å²) in [6.07, 6.45) is 0. The number of nitrogens with zero attached hydrogens (tertiary/aromatic N) is 2. The Morgan fingerprint density at radius 3 is 2.08 bits per heavy atom. The van der Waals surface area contributed by atoms with Gasteiger partial charge in [0.2, 0.25) is 0 Å². The van der Waals surface area contributed by atoms with E-state index in [0.717, 1.165) is 0 Å². The monoisotopic (exact) mass is 362 g/mol. The molecular formula is C17H15ClN2O3S. The molecule has 24 heavy (non-hydrogen) atoms. The van der Waals surface area contributed by atoms with Crippen molar-refractivity contribution >= 4 is 38.8 Å². The molecule has 2 fully saturated rings. The summed E-state index contributed by atoms with van der Waals surface area (Å²) in [5, 5.41) is 0.510. The van der Waals surface area contributed by atoms with E-state index in [1.165, 1.54) is 0 Å². The van der Waals surface area contributed by atoms with E-state index in [1.807, 2.05) is 30.3 Å². The maximum absolute atomic E-state index is 13.1. The zero-order valence-electron chi connectivity index (χ0n) is 12.7. The fourth-order valence-corrected chi connectivity index (χ4v) is 5.63. The van der Waals surface area contributed by atoms with Crippen molar-refractivity contribution in [3.05, 3.63) is 59.6 Å². The topological polar surface area (TPSA) is 57.7 Å². The molecule has 5 nitrogen and oxygen atoms in total. The highest BCUT2D eigenvalue weighted by Crippen LogP contribution is 2.38. The Hall–Kier alpha value is -2.05. The minimum atomic E-state index is -3.19. The second-order valence-electron chi connectivity index (χ2n) is 6.05. The van der Waals surface area contributed by atoms with E-state index in [9.17, 15) is 13.2 Å². The number of rotatable bonds is 2. The van der Waals surface area contributed by atoms with Gasteiger partial charge in [-0.05, 0) is 30.3 Å². The fraction of sp³-hybridized carbons (Fsp3) is 0.235. The van der Waals surface area contributed by atoms with Crippen LogP contribution in [0.15, 0.2) is 54.6 Å². The number of sulfone groups is 1. The summed E-state index contributed by atoms with van der Waals surface area (Å²) in [7, 11) is -3.19. The molecule has 0 saturated carbocycles. The number of urea groups is 1. The Bertz CT molecular complexity index is 901. The lowest BCUT2D eigenvalue weighted by Gasteiger charge is -2.22. The minimum Gasteiger partial charge on any atom is -0.288 e. The van der Waals surface area contributed by atoms with Crippen molar-refractivity contribution in [3.63, 3.8) is 0 Å². The maximum Gasteiger partial charge on any atom is 0.329 e. The van der Waals surface area contributed by atoms with E-state index in [4.69, 9.17) is 11.6 Å². The molecule has 0 unspecified atom stereocenters. The van der Waals surface area contributed by atoms with Gasteiger partial charge < -0.3 is 0 Å². The van der Waals surface area contributed by atoms with Gasteiger partial charge in [-0.3, -0.25) is 9.80 Å². The largest absolute Gasteiger partial charge is 0.329 e. The minimum absolute atomic E-state index is 0.0185. The number of anilines is 2. The van der Waals surface area contributed by atoms with Gasteiger partial charge in [-0.15, -0.1) is 0 Å². The molecule has 124 valence electrons. The van der Waals surface area contributed by atoms with Crippen LogP contribution in [0, 0.1) is 0 Å². The molecule has 0 spiro atoms. The van der Waals surface area contributed by atoms with Crippen molar-refractivity contribution in [2.75, 3.05) is 21.3 Å². The van der Waals surface area contributed by atoms with E-state index in [-0.39, 0.29) is 23.6 Å². The van der Waals surface area contributed by atoms with Gasteiger partial charge in [0, 0.05) is 16.4 Å². The molecule has 2 aromatic carbocycles. The smallest absolute Gasteiger partial charge is 0.288 e. The zero-order valence-corrected chi connectivity index (χ0v) is 14.2. The van der Waals surface area contributed by atoms with Crippen LogP contribution in [0.5, 0.6) is 0 Å². The number of hydrogen-bond acceptors (Lipinski definition) is 3. The van der Waals surface area contributed by atoms with Crippen molar-refractivity contribution in [1.82, 2.24) is 0 Å². The van der Waals surface area contributed by atoms with Crippen molar-refractivity contribution in [3.8, 4) is 0 Å². The van der Waals surface area contributed by atoms with Gasteiger partial charge in [0.1, 0.15) is 0 Å². The third-order valence-electron chi connectivity index (χ3n) is 4.49. The standard InChI is InChI=1S/C17H15ClN2O3S/c18-12-5-4-8-14(9-12)20-16-11-24(22,23)10-15(16)19(17(20)21)13-6-2-1-3-7-13/h1-9,15-16H,10-11H2/t15-,16+/m1/s1. The van der Waals surface area contributed by atoms with Crippen LogP contribution in [0.25, 0.3) is 0 Å². The maximum atomic E-state index is 13.1. The highest BCUT2D eigenvalue weighted by molar-refractivity contribution is 7.91. The lowest BCUT2D eigenvalue weighted by molar-refractivity contribution is 0.255. The van der Waals surface area contributed by atoms with Crippen molar-refractivity contribution in [2.45, 2.75) is 12.1 Å². The summed E-state index contributed by atoms with van der Waals surface area (Å²) in [6.45, 7) is 0. The van der Waals surface area contributed by atoms with Crippen molar-refractivity contribution < 1.29 is 13.2 Å². The highest BCUT2D eigenvalue weighted by atomic mass is 35.5. The quantitative estimate of drug-likeness (QED) is 0.772. The molecule has 2 aliphatic rings. The van der Waals surface area contributed by atoms with Crippen LogP contribution in [0.2, 0.25) is 5.02 Å². The van der Waals surface area contributed by atoms with E-state index >= 15 is 0 Å². The van der Waals surface area contributed by atoms with E-state index in [1.54, 1.807) is 34.1 Å². The second kappa shape index (κ2) is 5.50. The molecule has 0 bridgehead atoms. The highest BCUT2D eigenvalue weighted by Gasteiger charge is 2.54. The molecule has 0 radical (unpaired) electrons. The number of hydrogen-bond donors (Lipinski definition) is 0. The van der Waals surface area contributed by atoms with E-state index in [0.29, 0.717) is 16.4 Å². The summed E-state index contributed by atoms with van der Waals surface area (Å²) in [5.74, 6) is -0.0470. The first kappa shape index (κ1) is 15.5. The molecule has 0 N–H and O–H groups in total. The summed E-state index contributed by atoms with van der Waals surface area (Å²) in [4.78, 5) is 16.2. The first-order valence-electron chi connectivity index (χ1n) is 7.60. The predicted molar refractivity (Wildman–Crippen MR) is 94.5 cm³/mol. The lowest BCUT2D eigenvalue weighted by Crippen LogP contribution is -2.37. The molecule has 2 atom stereocenters. The number of amides is 2. The average Bonchev–Trinajstić information content (AvgIpc) is 2.96. The van der Waals surface area contributed by atoms with E-state index in [2.05, 4.69) is 0 Å². The van der Waals surface area contributed by atoms with Crippen LogP contribution in [0.1, 0.15) is 0 Å². The SMILES string of the molecule is O=C1N(c2ccccc2)[C@@H]2CS(=O)(=O)C[C@@H]2N1c1cccc(Cl)c1. The normalized spacial score (nSPS) is 25.1. The molecular weight excluding hydrogens is 348 g/mol. The predicted octanol–water partition coefficient (Wildman–Crippen LogP) is 2.95. The van der Waals surface area contributed by atoms with Gasteiger partial charge >= 0.3 is 6.03 Å². The van der Waals surface area contributed by atoms with Gasteiger partial charge in [-0.25, -0.2) is 13.2 Å². The Morgan fingerprint density at radius 1 is 0.875 bits per heavy atom. The molecule has 2 heterocycles. The van der Waals surface area contributed by atoms with Gasteiger partial charge in [-0.1, -0.05) is 35.9 Å². The van der Waals surface area contributed by atoms with Crippen LogP contribution in [0.3, 0.4) is 0 Å². The van der Waals surface area contributed by atoms with Gasteiger partial charge in [-0.2, -0.15) is 0 Å². The summed E-state index contributed by atoms with van der Waals surface area (Å²) >= 11 is 6.05. The van der Waals surface area contributed by atoms with Crippen molar-refractivity contribution in [2.24, 2.45) is 0 Å². The van der Waals surface area contributed by atoms with Gasteiger partial charge in [0.05, 0.1) is 23.6 Å². The second-order valence-corrected chi connectivity index (χ2v) is 8.64. The number of halogens is 1. The van der Waals surface area contributed by atoms with Crippen LogP contribution in [0.4, 0.5) is 16.2 Å². The lowest BCUT2D eigenvalue weighted by atomic mass is 10.1. The zero-order chi connectivity index (χ0) is 16.9. The van der Waals surface area contributed by atoms with Crippen LogP contribution in [-0.2, 0) is 9.84 Å². The Kier molecular flexibility index (Phi) is 3.54. The Balaban J connectivity index is 1.82. The van der Waals surface area contributed by atoms with Crippen LogP contribution >= 0.6 is 11.6 Å². The molecule has 7 heteroatoms. The molecule has 2 amide bonds. The number of fused-ring (bicyclic) bond motifs is 1. The van der Waals surface area contributed by atoms with Gasteiger partial charge in [0.25, 0.3) is 0 Å². The van der Waals surface area contributed by atoms with Crippen LogP contribution < -0.4 is 9.80 Å². The molecule has 0 aliphatic carbocycles. The molecule has 2 aromatic rings. The summed E-state index contributed by atoms with van der Waals surface area (Å²) in [5.41, 5.74) is 1.33. The average molecular weight is 363 g/mol. The van der Waals surface area contributed by atoms with Crippen LogP contribution in [-0.4, -0.2) is 38.0 Å². The Morgan fingerprint density at radius 2 is 1.46 bits per heavy atom. The van der Waals surface area contributed by atoms with E-state index < -0.39 is 15.9 Å². The Labute approximate surface area is 145 Å². The van der Waals surface area contributed by atoms with Crippen molar-refractivity contribution in [1.29, 1.82) is 0 Å². The third-order valence-corrected chi connectivity index (χ3v) is 6.42. The number of carbonyl (C=O) groups excluding carboxylic acids is 1. The summed E-state index contributed by atoms with van der Waals surface area (Å²) < 4.78 is 24.4. The van der Waals surface area contributed by atoms with Gasteiger partial charge in [0.15, 0.2) is 9.84 Å². The summed E-state index contributed by atoms with van der Waals surface area (Å²) in [6, 6.07) is 15.1. The fourth-order valence-electron chi connectivity index (χ4n) is 3.52. The number of para-hydroxylation sites is 1. The first-order chi connectivity index (χ1) is 11.5. The first-order valence-corrected chi connectivity index (χ1v) is 9.80. The number of benzene rings is 2. The molecule has 2 saturated heterocycles. The number of carbonyl (C=O) groups is 1. The molecule has 4 rings (SSSR count).